The number of nitriles is 2. The molecule has 0 aliphatic heterocycles. The Balaban J connectivity index is 1.95. The zero-order valence-corrected chi connectivity index (χ0v) is 16.8. The van der Waals surface area contributed by atoms with Crippen LogP contribution < -0.4 is 5.73 Å². The van der Waals surface area contributed by atoms with Crippen LogP contribution in [0.5, 0.6) is 0 Å². The molecule has 0 saturated carbocycles. The van der Waals surface area contributed by atoms with Crippen molar-refractivity contribution in [3.8, 4) is 29.2 Å². The number of fused-ring (bicyclic) bond motifs is 2. The minimum absolute atomic E-state index is 0.0436. The van der Waals surface area contributed by atoms with Crippen molar-refractivity contribution >= 4 is 28.0 Å². The van der Waals surface area contributed by atoms with Crippen molar-refractivity contribution in [2.24, 2.45) is 7.05 Å². The summed E-state index contributed by atoms with van der Waals surface area (Å²) in [5.41, 5.74) is 11.6. The lowest BCUT2D eigenvalue weighted by molar-refractivity contribution is 0.959. The van der Waals surface area contributed by atoms with Gasteiger partial charge in [0, 0.05) is 12.7 Å². The van der Waals surface area contributed by atoms with E-state index in [2.05, 4.69) is 9.97 Å². The monoisotopic (exact) mass is 404 g/mol. The van der Waals surface area contributed by atoms with E-state index in [1.807, 2.05) is 79.2 Å². The third-order valence-electron chi connectivity index (χ3n) is 5.31. The van der Waals surface area contributed by atoms with E-state index in [0.717, 1.165) is 22.3 Å². The van der Waals surface area contributed by atoms with Crippen LogP contribution in [0.3, 0.4) is 0 Å². The Morgan fingerprint density at radius 1 is 0.935 bits per heavy atom. The van der Waals surface area contributed by atoms with Crippen LogP contribution in [0.4, 0.5) is 5.82 Å². The molecule has 5 aromatic rings. The molecule has 5 rings (SSSR count). The number of hydrogen-bond acceptors (Lipinski definition) is 6. The van der Waals surface area contributed by atoms with Gasteiger partial charge in [-0.25, -0.2) is 15.0 Å². The fourth-order valence-corrected chi connectivity index (χ4v) is 3.87. The maximum absolute atomic E-state index is 9.51. The van der Waals surface area contributed by atoms with Crippen LogP contribution in [-0.2, 0) is 7.05 Å². The first-order valence-corrected chi connectivity index (χ1v) is 9.54. The summed E-state index contributed by atoms with van der Waals surface area (Å²) in [6.45, 7) is 1.98. The molecule has 0 unspecified atom stereocenters. The van der Waals surface area contributed by atoms with Crippen LogP contribution >= 0.6 is 0 Å². The molecule has 31 heavy (non-hydrogen) atoms. The predicted octanol–water partition coefficient (Wildman–Crippen LogP) is 3.61. The summed E-state index contributed by atoms with van der Waals surface area (Å²) in [5.74, 6) is 0.996. The van der Waals surface area contributed by atoms with Gasteiger partial charge in [0.25, 0.3) is 0 Å². The second-order valence-corrected chi connectivity index (χ2v) is 7.23. The molecular formula is C23H16N8. The highest BCUT2D eigenvalue weighted by atomic mass is 15.1. The zero-order valence-electron chi connectivity index (χ0n) is 16.8. The largest absolute Gasteiger partial charge is 0.384 e. The quantitative estimate of drug-likeness (QED) is 0.479. The molecule has 0 aliphatic carbocycles. The second kappa shape index (κ2) is 6.68. The molecule has 0 amide bonds. The topological polar surface area (TPSA) is 122 Å². The van der Waals surface area contributed by atoms with E-state index >= 15 is 0 Å². The standard InChI is InChI=1S/C23H16N8/c1-13-6-5-7-14(10-13)31-21(26)19(20-23(31)29-17(12-25)16(11-24)27-20)22-28-15-8-3-4-9-18(15)30(22)2/h3-10H,26H2,1-2H3. The fourth-order valence-electron chi connectivity index (χ4n) is 3.87. The number of hydrogen-bond donors (Lipinski definition) is 1. The summed E-state index contributed by atoms with van der Waals surface area (Å²) in [4.78, 5) is 13.7. The smallest absolute Gasteiger partial charge is 0.179 e. The number of benzene rings is 2. The number of imidazole rings is 1. The molecule has 8 heteroatoms. The van der Waals surface area contributed by atoms with Crippen LogP contribution in [0, 0.1) is 29.6 Å². The van der Waals surface area contributed by atoms with Crippen molar-refractivity contribution in [2.45, 2.75) is 6.92 Å². The fraction of sp³-hybridized carbons (Fsp3) is 0.0870. The molecule has 0 aliphatic rings. The lowest BCUT2D eigenvalue weighted by Gasteiger charge is -2.09. The van der Waals surface area contributed by atoms with E-state index < -0.39 is 0 Å². The van der Waals surface area contributed by atoms with E-state index in [1.54, 1.807) is 4.57 Å². The van der Waals surface area contributed by atoms with E-state index in [-0.39, 0.29) is 11.4 Å². The SMILES string of the molecule is Cc1cccc(-n2c(N)c(-c3nc4ccccc4n3C)c3nc(C#N)c(C#N)nc32)c1. The third-order valence-corrected chi connectivity index (χ3v) is 5.31. The maximum atomic E-state index is 9.51. The van der Waals surface area contributed by atoms with Gasteiger partial charge in [-0.05, 0) is 36.8 Å². The molecule has 8 nitrogen and oxygen atoms in total. The highest BCUT2D eigenvalue weighted by Gasteiger charge is 2.26. The first kappa shape index (κ1) is 18.3. The zero-order chi connectivity index (χ0) is 21.7. The number of nitrogens with zero attached hydrogens (tertiary/aromatic N) is 7. The number of aryl methyl sites for hydroxylation is 2. The molecule has 2 N–H and O–H groups in total. The Bertz CT molecular complexity index is 1590. The number of rotatable bonds is 2. The third kappa shape index (κ3) is 2.63. The first-order chi connectivity index (χ1) is 15.0. The van der Waals surface area contributed by atoms with Crippen molar-refractivity contribution in [1.82, 2.24) is 24.1 Å². The Hall–Kier alpha value is -4.69. The number of anilines is 1. The van der Waals surface area contributed by atoms with E-state index in [1.165, 1.54) is 0 Å². The highest BCUT2D eigenvalue weighted by Crippen LogP contribution is 2.38. The van der Waals surface area contributed by atoms with E-state index in [9.17, 15) is 10.5 Å². The van der Waals surface area contributed by atoms with Gasteiger partial charge in [0.05, 0.1) is 16.6 Å². The van der Waals surface area contributed by atoms with E-state index in [0.29, 0.717) is 28.4 Å². The lowest BCUT2D eigenvalue weighted by atomic mass is 10.2. The molecule has 0 spiro atoms. The molecule has 2 aromatic carbocycles. The average molecular weight is 404 g/mol. The van der Waals surface area contributed by atoms with E-state index in [4.69, 9.17) is 10.7 Å². The Morgan fingerprint density at radius 3 is 2.39 bits per heavy atom. The molecule has 0 saturated heterocycles. The highest BCUT2D eigenvalue weighted by molar-refractivity contribution is 6.00. The number of nitrogens with two attached hydrogens (primary N) is 1. The molecule has 3 heterocycles. The van der Waals surface area contributed by atoms with Crippen molar-refractivity contribution < 1.29 is 0 Å². The van der Waals surface area contributed by atoms with Gasteiger partial charge in [0.15, 0.2) is 17.0 Å². The average Bonchev–Trinajstić information content (AvgIpc) is 3.25. The molecule has 0 fully saturated rings. The maximum Gasteiger partial charge on any atom is 0.179 e. The number of para-hydroxylation sites is 2. The summed E-state index contributed by atoms with van der Waals surface area (Å²) in [5, 5.41) is 19.0. The Kier molecular flexibility index (Phi) is 3.95. The number of aromatic nitrogens is 5. The van der Waals surface area contributed by atoms with Crippen LogP contribution in [0.1, 0.15) is 17.0 Å². The van der Waals surface area contributed by atoms with Gasteiger partial charge in [0.2, 0.25) is 0 Å². The van der Waals surface area contributed by atoms with Crippen molar-refractivity contribution in [1.29, 1.82) is 10.5 Å². The molecule has 3 aromatic heterocycles. The van der Waals surface area contributed by atoms with Gasteiger partial charge in [-0.3, -0.25) is 4.57 Å². The van der Waals surface area contributed by atoms with Crippen molar-refractivity contribution in [2.75, 3.05) is 5.73 Å². The predicted molar refractivity (Wildman–Crippen MR) is 117 cm³/mol. The first-order valence-electron chi connectivity index (χ1n) is 9.54. The Morgan fingerprint density at radius 2 is 1.68 bits per heavy atom. The molecule has 0 radical (unpaired) electrons. The van der Waals surface area contributed by atoms with Gasteiger partial charge in [-0.2, -0.15) is 10.5 Å². The normalized spacial score (nSPS) is 11.0. The van der Waals surface area contributed by atoms with Crippen LogP contribution in [0.25, 0.3) is 39.3 Å². The number of nitrogen functional groups attached to an aromatic ring is 1. The lowest BCUT2D eigenvalue weighted by Crippen LogP contribution is -2.03. The van der Waals surface area contributed by atoms with Gasteiger partial charge < -0.3 is 10.3 Å². The second-order valence-electron chi connectivity index (χ2n) is 7.23. The summed E-state index contributed by atoms with van der Waals surface area (Å²) in [7, 11) is 1.90. The van der Waals surface area contributed by atoms with Crippen LogP contribution in [0.2, 0.25) is 0 Å². The molecule has 148 valence electrons. The summed E-state index contributed by atoms with van der Waals surface area (Å²) >= 11 is 0. The summed E-state index contributed by atoms with van der Waals surface area (Å²) in [6, 6.07) is 19.5. The van der Waals surface area contributed by atoms with Crippen molar-refractivity contribution in [3.05, 3.63) is 65.5 Å². The van der Waals surface area contributed by atoms with Gasteiger partial charge in [-0.15, -0.1) is 0 Å². The van der Waals surface area contributed by atoms with Gasteiger partial charge in [0.1, 0.15) is 29.3 Å². The van der Waals surface area contributed by atoms with Crippen LogP contribution in [0.15, 0.2) is 48.5 Å². The minimum Gasteiger partial charge on any atom is -0.384 e. The molecule has 0 bridgehead atoms. The minimum atomic E-state index is -0.0450. The summed E-state index contributed by atoms with van der Waals surface area (Å²) < 4.78 is 3.69. The molecule has 0 atom stereocenters. The van der Waals surface area contributed by atoms with Crippen LogP contribution in [-0.4, -0.2) is 24.1 Å². The Labute approximate surface area is 177 Å². The van der Waals surface area contributed by atoms with Gasteiger partial charge in [-0.1, -0.05) is 24.3 Å². The summed E-state index contributed by atoms with van der Waals surface area (Å²) in [6.07, 6.45) is 0. The van der Waals surface area contributed by atoms with Gasteiger partial charge >= 0.3 is 0 Å². The van der Waals surface area contributed by atoms with Crippen molar-refractivity contribution in [3.63, 3.8) is 0 Å². The molecular weight excluding hydrogens is 388 g/mol.